The van der Waals surface area contributed by atoms with Gasteiger partial charge in [-0.2, -0.15) is 0 Å². The molecule has 1 aliphatic heterocycles. The zero-order chi connectivity index (χ0) is 21.8. The van der Waals surface area contributed by atoms with Crippen LogP contribution >= 0.6 is 23.4 Å². The van der Waals surface area contributed by atoms with Crippen LogP contribution < -0.4 is 14.6 Å². The van der Waals surface area contributed by atoms with E-state index in [-0.39, 0.29) is 28.2 Å². The van der Waals surface area contributed by atoms with E-state index >= 15 is 0 Å². The largest absolute Gasteiger partial charge is 0.546 e. The van der Waals surface area contributed by atoms with Gasteiger partial charge < -0.3 is 19.4 Å². The fraction of sp³-hybridized carbons (Fsp3) is 0.190. The average molecular weight is 447 g/mol. The number of hydrogen-bond acceptors (Lipinski definition) is 7. The minimum Gasteiger partial charge on any atom is -0.546 e. The van der Waals surface area contributed by atoms with Crippen molar-refractivity contribution in [3.63, 3.8) is 0 Å². The van der Waals surface area contributed by atoms with E-state index in [9.17, 15) is 19.5 Å². The summed E-state index contributed by atoms with van der Waals surface area (Å²) in [5.74, 6) is -1.27. The van der Waals surface area contributed by atoms with E-state index in [1.807, 2.05) is 0 Å². The highest BCUT2D eigenvalue weighted by atomic mass is 35.5. The van der Waals surface area contributed by atoms with E-state index in [4.69, 9.17) is 21.1 Å². The van der Waals surface area contributed by atoms with E-state index in [0.29, 0.717) is 16.1 Å². The molecule has 0 aliphatic carbocycles. The Labute approximate surface area is 182 Å². The summed E-state index contributed by atoms with van der Waals surface area (Å²) in [6.07, 6.45) is 0.400. The van der Waals surface area contributed by atoms with Gasteiger partial charge in [-0.15, -0.1) is 0 Å². The zero-order valence-electron chi connectivity index (χ0n) is 16.1. The number of aliphatic carboxylic acids is 1. The van der Waals surface area contributed by atoms with Gasteiger partial charge in [0.05, 0.1) is 24.5 Å². The van der Waals surface area contributed by atoms with E-state index in [2.05, 4.69) is 0 Å². The first-order valence-electron chi connectivity index (χ1n) is 8.84. The van der Waals surface area contributed by atoms with Gasteiger partial charge >= 0.3 is 0 Å². The number of carboxylic acid groups (broad SMARTS) is 1. The molecule has 1 aliphatic rings. The Hall–Kier alpha value is -2.97. The summed E-state index contributed by atoms with van der Waals surface area (Å²) >= 11 is 6.96. The maximum atomic E-state index is 12.7. The molecule has 3 rings (SSSR count). The van der Waals surface area contributed by atoms with Crippen LogP contribution in [-0.4, -0.2) is 35.2 Å². The molecule has 1 fully saturated rings. The van der Waals surface area contributed by atoms with Gasteiger partial charge in [-0.05, 0) is 54.1 Å². The summed E-state index contributed by atoms with van der Waals surface area (Å²) in [6.45, 7) is 1.43. The molecule has 0 aromatic heterocycles. The molecule has 9 heteroatoms. The molecule has 2 aromatic carbocycles. The molecule has 0 N–H and O–H groups in total. The summed E-state index contributed by atoms with van der Waals surface area (Å²) < 4.78 is 10.5. The number of carbonyl (C=O) groups is 3. The number of carbonyl (C=O) groups excluding carboxylic acids is 3. The molecule has 1 atom stereocenters. The lowest BCUT2D eigenvalue weighted by Gasteiger charge is -2.17. The van der Waals surface area contributed by atoms with Gasteiger partial charge in [-0.1, -0.05) is 35.9 Å². The molecule has 0 saturated carbocycles. The number of halogens is 1. The minimum absolute atomic E-state index is 0.0822. The van der Waals surface area contributed by atoms with Crippen molar-refractivity contribution in [3.8, 4) is 11.5 Å². The van der Waals surface area contributed by atoms with Crippen molar-refractivity contribution in [3.05, 3.63) is 63.5 Å². The Bertz CT molecular complexity index is 1040. The van der Waals surface area contributed by atoms with Crippen LogP contribution in [0.15, 0.2) is 47.4 Å². The third-order valence-corrected chi connectivity index (χ3v) is 5.56. The maximum absolute atomic E-state index is 12.7. The SMILES string of the molecule is COc1cc(/C=C2\SC(=O)N(Cc3ccccc3Cl)C2=O)ccc1O[C@H](C)C(=O)[O-]. The third kappa shape index (κ3) is 4.77. The number of thioether (sulfide) groups is 1. The highest BCUT2D eigenvalue weighted by Gasteiger charge is 2.35. The van der Waals surface area contributed by atoms with Crippen LogP contribution in [0.25, 0.3) is 6.08 Å². The van der Waals surface area contributed by atoms with Gasteiger partial charge in [0.2, 0.25) is 0 Å². The van der Waals surface area contributed by atoms with Crippen molar-refractivity contribution in [1.82, 2.24) is 4.90 Å². The number of ether oxygens (including phenoxy) is 2. The first-order chi connectivity index (χ1) is 14.3. The van der Waals surface area contributed by atoms with E-state index in [0.717, 1.165) is 16.7 Å². The van der Waals surface area contributed by atoms with Crippen molar-refractivity contribution >= 4 is 46.6 Å². The summed E-state index contributed by atoms with van der Waals surface area (Å²) in [5.41, 5.74) is 1.26. The van der Waals surface area contributed by atoms with Crippen molar-refractivity contribution in [2.75, 3.05) is 7.11 Å². The first kappa shape index (κ1) is 21.7. The molecule has 30 heavy (non-hydrogen) atoms. The van der Waals surface area contributed by atoms with Crippen molar-refractivity contribution in [2.24, 2.45) is 0 Å². The van der Waals surface area contributed by atoms with Crippen molar-refractivity contribution < 1.29 is 29.0 Å². The van der Waals surface area contributed by atoms with Crippen LogP contribution in [0.1, 0.15) is 18.1 Å². The Balaban J connectivity index is 1.81. The second-order valence-corrected chi connectivity index (χ2v) is 7.75. The third-order valence-electron chi connectivity index (χ3n) is 4.28. The van der Waals surface area contributed by atoms with Gasteiger partial charge in [-0.3, -0.25) is 14.5 Å². The van der Waals surface area contributed by atoms with Crippen LogP contribution in [0.3, 0.4) is 0 Å². The zero-order valence-corrected chi connectivity index (χ0v) is 17.7. The summed E-state index contributed by atoms with van der Waals surface area (Å²) in [5, 5.41) is 11.0. The smallest absolute Gasteiger partial charge is 0.293 e. The molecule has 156 valence electrons. The number of methoxy groups -OCH3 is 1. The van der Waals surface area contributed by atoms with Crippen molar-refractivity contribution in [1.29, 1.82) is 0 Å². The number of hydrogen-bond donors (Lipinski definition) is 0. The summed E-state index contributed by atoms with van der Waals surface area (Å²) in [4.78, 5) is 37.3. The normalized spacial score (nSPS) is 16.1. The highest BCUT2D eigenvalue weighted by Crippen LogP contribution is 2.36. The summed E-state index contributed by atoms with van der Waals surface area (Å²) in [7, 11) is 1.41. The average Bonchev–Trinajstić information content (AvgIpc) is 2.97. The Morgan fingerprint density at radius 3 is 2.63 bits per heavy atom. The number of rotatable bonds is 7. The number of benzene rings is 2. The molecule has 2 aromatic rings. The number of imide groups is 1. The number of nitrogens with zero attached hydrogens (tertiary/aromatic N) is 1. The van der Waals surface area contributed by atoms with Crippen LogP contribution in [-0.2, 0) is 16.1 Å². The van der Waals surface area contributed by atoms with Crippen molar-refractivity contribution in [2.45, 2.75) is 19.6 Å². The molecule has 7 nitrogen and oxygen atoms in total. The summed E-state index contributed by atoms with van der Waals surface area (Å²) in [6, 6.07) is 11.7. The van der Waals surface area contributed by atoms with Gasteiger partial charge in [0.15, 0.2) is 11.5 Å². The number of carboxylic acids is 1. The number of amides is 2. The second kappa shape index (κ2) is 9.23. The molecule has 0 radical (unpaired) electrons. The first-order valence-corrected chi connectivity index (χ1v) is 10.0. The lowest BCUT2D eigenvalue weighted by molar-refractivity contribution is -0.312. The molecule has 0 bridgehead atoms. The predicted molar refractivity (Wildman–Crippen MR) is 111 cm³/mol. The van der Waals surface area contributed by atoms with Crippen LogP contribution in [0.2, 0.25) is 5.02 Å². The lowest BCUT2D eigenvalue weighted by Crippen LogP contribution is -2.37. The minimum atomic E-state index is -1.35. The van der Waals surface area contributed by atoms with Crippen LogP contribution in [0.5, 0.6) is 11.5 Å². The standard InChI is InChI=1S/C21H18ClNO6S/c1-12(20(25)26)29-16-8-7-13(9-17(16)28-2)10-18-19(24)23(21(27)30-18)11-14-5-3-4-6-15(14)22/h3-10,12H,11H2,1-2H3,(H,25,26)/p-1/b18-10-/t12-/m1/s1. The monoisotopic (exact) mass is 446 g/mol. The van der Waals surface area contributed by atoms with E-state index < -0.39 is 18.0 Å². The molecule has 2 amide bonds. The molecular formula is C21H17ClNO6S-. The molecular weight excluding hydrogens is 430 g/mol. The quantitative estimate of drug-likeness (QED) is 0.603. The Morgan fingerprint density at radius 2 is 1.97 bits per heavy atom. The fourth-order valence-electron chi connectivity index (χ4n) is 2.69. The molecule has 1 heterocycles. The van der Waals surface area contributed by atoms with Gasteiger partial charge in [0.1, 0.15) is 6.10 Å². The molecule has 0 spiro atoms. The van der Waals surface area contributed by atoms with Gasteiger partial charge in [0.25, 0.3) is 11.1 Å². The van der Waals surface area contributed by atoms with E-state index in [1.54, 1.807) is 42.5 Å². The molecule has 1 saturated heterocycles. The van der Waals surface area contributed by atoms with Crippen LogP contribution in [0, 0.1) is 0 Å². The fourth-order valence-corrected chi connectivity index (χ4v) is 3.73. The van der Waals surface area contributed by atoms with E-state index in [1.165, 1.54) is 20.1 Å². The van der Waals surface area contributed by atoms with Gasteiger partial charge in [0, 0.05) is 5.02 Å². The maximum Gasteiger partial charge on any atom is 0.293 e. The van der Waals surface area contributed by atoms with Crippen LogP contribution in [0.4, 0.5) is 4.79 Å². The Kier molecular flexibility index (Phi) is 6.69. The second-order valence-electron chi connectivity index (χ2n) is 6.35. The Morgan fingerprint density at radius 1 is 1.23 bits per heavy atom. The van der Waals surface area contributed by atoms with Gasteiger partial charge in [-0.25, -0.2) is 0 Å². The highest BCUT2D eigenvalue weighted by molar-refractivity contribution is 8.18. The lowest BCUT2D eigenvalue weighted by atomic mass is 10.1. The predicted octanol–water partition coefficient (Wildman–Crippen LogP) is 3.10. The topological polar surface area (TPSA) is 96.0 Å². The molecule has 0 unspecified atom stereocenters.